The Morgan fingerprint density at radius 1 is 0.267 bits per heavy atom. The normalized spacial score (nSPS) is 10.7. The Balaban J connectivity index is 1.05. The van der Waals surface area contributed by atoms with Gasteiger partial charge in [0.1, 0.15) is 0 Å². The van der Waals surface area contributed by atoms with Crippen molar-refractivity contribution in [1.82, 2.24) is 0 Å². The van der Waals surface area contributed by atoms with Crippen LogP contribution >= 0.6 is 0 Å². The van der Waals surface area contributed by atoms with Crippen LogP contribution in [0.15, 0.2) is 133 Å². The smallest absolute Gasteiger partial charge is 0.0415 e. The zero-order valence-electron chi connectivity index (χ0n) is 26.2. The van der Waals surface area contributed by atoms with Crippen LogP contribution in [0.5, 0.6) is 0 Å². The SMILES string of the molecule is Cc1ccccc1Nc1ccc(Nc2ccc(Nc3ccc(Nc4ccc(Nc5ccccc5C)cc4)c(C)c3)cc2C)cc1. The quantitative estimate of drug-likeness (QED) is 0.110. The van der Waals surface area contributed by atoms with Crippen molar-refractivity contribution >= 4 is 56.9 Å². The van der Waals surface area contributed by atoms with Crippen molar-refractivity contribution in [2.24, 2.45) is 0 Å². The van der Waals surface area contributed by atoms with E-state index in [1.165, 1.54) is 11.1 Å². The van der Waals surface area contributed by atoms with Crippen molar-refractivity contribution in [1.29, 1.82) is 0 Å². The highest BCUT2D eigenvalue weighted by Gasteiger charge is 2.06. The molecule has 224 valence electrons. The van der Waals surface area contributed by atoms with E-state index in [-0.39, 0.29) is 0 Å². The Morgan fingerprint density at radius 3 is 0.867 bits per heavy atom. The molecule has 0 aromatic heterocycles. The van der Waals surface area contributed by atoms with Crippen LogP contribution in [0, 0.1) is 27.7 Å². The summed E-state index contributed by atoms with van der Waals surface area (Å²) in [5.74, 6) is 0. The maximum absolute atomic E-state index is 3.57. The monoisotopic (exact) mass is 589 g/mol. The number of nitrogens with one attached hydrogen (secondary N) is 5. The van der Waals surface area contributed by atoms with Gasteiger partial charge in [-0.15, -0.1) is 0 Å². The molecule has 0 fully saturated rings. The zero-order valence-corrected chi connectivity index (χ0v) is 26.2. The second kappa shape index (κ2) is 13.3. The van der Waals surface area contributed by atoms with E-state index in [4.69, 9.17) is 0 Å². The molecule has 0 saturated heterocycles. The molecular weight excluding hydrogens is 550 g/mol. The molecular formula is C40H39N5. The van der Waals surface area contributed by atoms with Crippen molar-refractivity contribution in [2.45, 2.75) is 27.7 Å². The van der Waals surface area contributed by atoms with Gasteiger partial charge in [0.05, 0.1) is 0 Å². The predicted octanol–water partition coefficient (Wildman–Crippen LogP) is 11.6. The summed E-state index contributed by atoms with van der Waals surface area (Å²) in [5, 5.41) is 17.7. The highest BCUT2D eigenvalue weighted by atomic mass is 14.9. The van der Waals surface area contributed by atoms with E-state index >= 15 is 0 Å². The van der Waals surface area contributed by atoms with E-state index in [0.29, 0.717) is 0 Å². The summed E-state index contributed by atoms with van der Waals surface area (Å²) in [6, 6.07) is 46.2. The van der Waals surface area contributed by atoms with E-state index in [1.54, 1.807) is 0 Å². The lowest BCUT2D eigenvalue weighted by atomic mass is 10.1. The van der Waals surface area contributed by atoms with Gasteiger partial charge in [-0.3, -0.25) is 0 Å². The predicted molar refractivity (Wildman–Crippen MR) is 194 cm³/mol. The third kappa shape index (κ3) is 7.46. The molecule has 6 aromatic rings. The molecule has 0 saturated carbocycles. The van der Waals surface area contributed by atoms with E-state index in [9.17, 15) is 0 Å². The molecule has 0 aliphatic carbocycles. The first kappa shape index (κ1) is 29.4. The molecule has 6 aromatic carbocycles. The molecule has 0 atom stereocenters. The first-order valence-corrected chi connectivity index (χ1v) is 15.3. The average Bonchev–Trinajstić information content (AvgIpc) is 3.04. The Bertz CT molecular complexity index is 1770. The molecule has 0 unspecified atom stereocenters. The Labute approximate surface area is 266 Å². The van der Waals surface area contributed by atoms with Gasteiger partial charge in [0, 0.05) is 56.9 Å². The van der Waals surface area contributed by atoms with Gasteiger partial charge >= 0.3 is 0 Å². The number of benzene rings is 6. The van der Waals surface area contributed by atoms with Crippen molar-refractivity contribution in [3.63, 3.8) is 0 Å². The molecule has 0 amide bonds. The summed E-state index contributed by atoms with van der Waals surface area (Å²) in [5.41, 5.74) is 15.5. The summed E-state index contributed by atoms with van der Waals surface area (Å²) in [4.78, 5) is 0. The summed E-state index contributed by atoms with van der Waals surface area (Å²) in [6.07, 6.45) is 0. The molecule has 5 nitrogen and oxygen atoms in total. The number of para-hydroxylation sites is 2. The van der Waals surface area contributed by atoms with Crippen LogP contribution in [0.25, 0.3) is 0 Å². The molecule has 0 bridgehead atoms. The molecule has 0 radical (unpaired) electrons. The average molecular weight is 590 g/mol. The highest BCUT2D eigenvalue weighted by molar-refractivity contribution is 5.74. The van der Waals surface area contributed by atoms with Crippen LogP contribution in [0.4, 0.5) is 56.9 Å². The van der Waals surface area contributed by atoms with Gasteiger partial charge in [0.25, 0.3) is 0 Å². The van der Waals surface area contributed by atoms with E-state index in [0.717, 1.165) is 68.0 Å². The molecule has 45 heavy (non-hydrogen) atoms. The first-order valence-electron chi connectivity index (χ1n) is 15.3. The number of hydrogen-bond donors (Lipinski definition) is 5. The molecule has 6 rings (SSSR count). The van der Waals surface area contributed by atoms with Crippen molar-refractivity contribution in [3.8, 4) is 0 Å². The summed E-state index contributed by atoms with van der Waals surface area (Å²) >= 11 is 0. The minimum atomic E-state index is 1.05. The van der Waals surface area contributed by atoms with E-state index in [2.05, 4.69) is 176 Å². The fourth-order valence-electron chi connectivity index (χ4n) is 5.25. The molecule has 0 heterocycles. The Morgan fingerprint density at radius 2 is 0.556 bits per heavy atom. The van der Waals surface area contributed by atoms with E-state index in [1.807, 2.05) is 12.1 Å². The topological polar surface area (TPSA) is 60.1 Å². The fraction of sp³-hybridized carbons (Fsp3) is 0.100. The van der Waals surface area contributed by atoms with Gasteiger partial charge in [-0.2, -0.15) is 0 Å². The standard InChI is InChI=1S/C40H39N5/c1-27-9-5-7-11-37(27)42-31-13-17-33(18-14-31)44-39-23-21-35(25-29(39)3)41-36-22-24-40(30(4)26-36)45-34-19-15-32(16-20-34)43-38-12-8-6-10-28(38)2/h5-26,41-45H,1-4H3. The van der Waals surface area contributed by atoms with Gasteiger partial charge in [-0.05, 0) is 147 Å². The summed E-state index contributed by atoms with van der Waals surface area (Å²) < 4.78 is 0. The van der Waals surface area contributed by atoms with Gasteiger partial charge < -0.3 is 26.6 Å². The van der Waals surface area contributed by atoms with Gasteiger partial charge in [-0.25, -0.2) is 0 Å². The molecule has 5 heteroatoms. The third-order valence-electron chi connectivity index (χ3n) is 7.92. The number of aryl methyl sites for hydroxylation is 4. The summed E-state index contributed by atoms with van der Waals surface area (Å²) in [6.45, 7) is 8.48. The zero-order chi connectivity index (χ0) is 31.2. The second-order valence-corrected chi connectivity index (χ2v) is 11.5. The Hall–Kier alpha value is -5.68. The lowest BCUT2D eigenvalue weighted by Crippen LogP contribution is -1.98. The maximum atomic E-state index is 3.57. The highest BCUT2D eigenvalue weighted by Crippen LogP contribution is 2.30. The van der Waals surface area contributed by atoms with Gasteiger partial charge in [0.2, 0.25) is 0 Å². The third-order valence-corrected chi connectivity index (χ3v) is 7.92. The molecule has 0 spiro atoms. The van der Waals surface area contributed by atoms with Crippen LogP contribution in [-0.4, -0.2) is 0 Å². The molecule has 0 aliphatic heterocycles. The number of hydrogen-bond acceptors (Lipinski definition) is 5. The van der Waals surface area contributed by atoms with Crippen LogP contribution < -0.4 is 26.6 Å². The van der Waals surface area contributed by atoms with Gasteiger partial charge in [-0.1, -0.05) is 36.4 Å². The number of anilines is 10. The van der Waals surface area contributed by atoms with Gasteiger partial charge in [0.15, 0.2) is 0 Å². The largest absolute Gasteiger partial charge is 0.356 e. The van der Waals surface area contributed by atoms with Crippen LogP contribution in [0.2, 0.25) is 0 Å². The van der Waals surface area contributed by atoms with Crippen molar-refractivity contribution in [3.05, 3.63) is 156 Å². The fourth-order valence-corrected chi connectivity index (χ4v) is 5.25. The Kier molecular flexibility index (Phi) is 8.70. The van der Waals surface area contributed by atoms with Crippen molar-refractivity contribution < 1.29 is 0 Å². The molecule has 0 aliphatic rings. The van der Waals surface area contributed by atoms with Crippen LogP contribution in [-0.2, 0) is 0 Å². The maximum Gasteiger partial charge on any atom is 0.0415 e. The van der Waals surface area contributed by atoms with Crippen molar-refractivity contribution in [2.75, 3.05) is 26.6 Å². The molecule has 5 N–H and O–H groups in total. The summed E-state index contributed by atoms with van der Waals surface area (Å²) in [7, 11) is 0. The lowest BCUT2D eigenvalue weighted by Gasteiger charge is -2.15. The minimum absolute atomic E-state index is 1.05. The second-order valence-electron chi connectivity index (χ2n) is 11.5. The first-order chi connectivity index (χ1) is 21.9. The van der Waals surface area contributed by atoms with E-state index < -0.39 is 0 Å². The van der Waals surface area contributed by atoms with Crippen LogP contribution in [0.1, 0.15) is 22.3 Å². The lowest BCUT2D eigenvalue weighted by molar-refractivity contribution is 1.39. The van der Waals surface area contributed by atoms with Crippen LogP contribution in [0.3, 0.4) is 0 Å². The number of rotatable bonds is 10. The minimum Gasteiger partial charge on any atom is -0.356 e.